The molecule has 3 aliphatic heterocycles. The van der Waals surface area contributed by atoms with E-state index in [1.54, 1.807) is 35.4 Å². The van der Waals surface area contributed by atoms with Gasteiger partial charge in [-0.3, -0.25) is 29.3 Å². The molecule has 1 unspecified atom stereocenters. The van der Waals surface area contributed by atoms with Gasteiger partial charge in [-0.2, -0.15) is 0 Å². The van der Waals surface area contributed by atoms with Gasteiger partial charge in [0.05, 0.1) is 28.5 Å². The first-order valence-electron chi connectivity index (χ1n) is 12.1. The summed E-state index contributed by atoms with van der Waals surface area (Å²) in [6.45, 7) is 1.43. The summed E-state index contributed by atoms with van der Waals surface area (Å²) in [5.74, 6) is -3.39. The van der Waals surface area contributed by atoms with Crippen molar-refractivity contribution in [2.45, 2.75) is 19.0 Å². The van der Waals surface area contributed by atoms with E-state index in [9.17, 15) is 29.3 Å². The van der Waals surface area contributed by atoms with E-state index in [0.717, 1.165) is 16.0 Å². The normalized spacial score (nSPS) is 23.2. The highest BCUT2D eigenvalue weighted by Gasteiger charge is 2.64. The van der Waals surface area contributed by atoms with Crippen LogP contribution in [-0.4, -0.2) is 39.2 Å². The van der Waals surface area contributed by atoms with Gasteiger partial charge in [0.25, 0.3) is 5.69 Å². The van der Waals surface area contributed by atoms with Crippen LogP contribution in [0.3, 0.4) is 0 Å². The van der Waals surface area contributed by atoms with E-state index in [0.29, 0.717) is 11.3 Å². The van der Waals surface area contributed by atoms with E-state index in [4.69, 9.17) is 0 Å². The molecule has 0 N–H and O–H groups in total. The number of carbonyl (C=O) groups excluding carboxylic acids is 4. The number of hydrogen-bond acceptors (Lipinski definition) is 7. The fourth-order valence-corrected chi connectivity index (χ4v) is 5.90. The highest BCUT2D eigenvalue weighted by molar-refractivity contribution is 6.24. The standard InChI is InChI=1S/C29H21N3O6/c1-16(33)17-9-11-20(12-10-17)31-28(35)23-24(29(31)36)26(27(34)19-6-4-7-21(15-19)32(37)38)30-14-13-18-5-2-3-8-22(18)25(23)30/h2-15,23-26H,1H3/t23-,24+,25?,26-/m1/s1. The lowest BCUT2D eigenvalue weighted by Crippen LogP contribution is -2.44. The van der Waals surface area contributed by atoms with Gasteiger partial charge in [0.2, 0.25) is 11.8 Å². The topological polar surface area (TPSA) is 118 Å². The van der Waals surface area contributed by atoms with Gasteiger partial charge in [0, 0.05) is 29.5 Å². The second kappa shape index (κ2) is 8.58. The Morgan fingerprint density at radius 2 is 1.58 bits per heavy atom. The molecule has 3 aliphatic rings. The molecule has 0 spiro atoms. The molecule has 0 saturated carbocycles. The molecule has 0 aromatic heterocycles. The Labute approximate surface area is 217 Å². The minimum atomic E-state index is -1.03. The Bertz CT molecular complexity index is 1580. The summed E-state index contributed by atoms with van der Waals surface area (Å²) in [5, 5.41) is 11.4. The zero-order valence-electron chi connectivity index (χ0n) is 20.2. The fourth-order valence-electron chi connectivity index (χ4n) is 5.90. The van der Waals surface area contributed by atoms with Crippen molar-refractivity contribution >= 4 is 40.8 Å². The summed E-state index contributed by atoms with van der Waals surface area (Å²) in [5.41, 5.74) is 2.36. The average Bonchev–Trinajstić information content (AvgIpc) is 3.40. The molecule has 188 valence electrons. The van der Waals surface area contributed by atoms with E-state index >= 15 is 0 Å². The molecular weight excluding hydrogens is 486 g/mol. The molecule has 3 aromatic carbocycles. The van der Waals surface area contributed by atoms with Crippen LogP contribution in [0, 0.1) is 22.0 Å². The Morgan fingerprint density at radius 3 is 2.29 bits per heavy atom. The third-order valence-corrected chi connectivity index (χ3v) is 7.60. The van der Waals surface area contributed by atoms with Gasteiger partial charge >= 0.3 is 0 Å². The highest BCUT2D eigenvalue weighted by Crippen LogP contribution is 2.53. The van der Waals surface area contributed by atoms with E-state index in [1.165, 1.54) is 31.2 Å². The van der Waals surface area contributed by atoms with Crippen LogP contribution in [0.15, 0.2) is 79.0 Å². The number of ketones is 2. The molecule has 0 radical (unpaired) electrons. The number of fused-ring (bicyclic) bond motifs is 5. The molecule has 2 fully saturated rings. The minimum Gasteiger partial charge on any atom is -0.358 e. The van der Waals surface area contributed by atoms with Crippen LogP contribution in [0.5, 0.6) is 0 Å². The van der Waals surface area contributed by atoms with Crippen molar-refractivity contribution < 1.29 is 24.1 Å². The monoisotopic (exact) mass is 507 g/mol. The third-order valence-electron chi connectivity index (χ3n) is 7.60. The first-order valence-corrected chi connectivity index (χ1v) is 12.1. The molecule has 2 saturated heterocycles. The number of nitro benzene ring substituents is 1. The van der Waals surface area contributed by atoms with Crippen molar-refractivity contribution in [3.05, 3.63) is 111 Å². The summed E-state index contributed by atoms with van der Waals surface area (Å²) in [7, 11) is 0. The number of imide groups is 1. The first kappa shape index (κ1) is 23.5. The molecule has 9 nitrogen and oxygen atoms in total. The van der Waals surface area contributed by atoms with Gasteiger partial charge in [-0.25, -0.2) is 4.90 Å². The molecule has 2 amide bonds. The van der Waals surface area contributed by atoms with Crippen LogP contribution in [0.1, 0.15) is 44.8 Å². The number of non-ortho nitro benzene ring substituents is 1. The van der Waals surface area contributed by atoms with Gasteiger partial charge in [0.15, 0.2) is 11.6 Å². The van der Waals surface area contributed by atoms with Crippen LogP contribution < -0.4 is 4.90 Å². The predicted octanol–water partition coefficient (Wildman–Crippen LogP) is 4.20. The van der Waals surface area contributed by atoms with Gasteiger partial charge in [0.1, 0.15) is 6.04 Å². The summed E-state index contributed by atoms with van der Waals surface area (Å²) >= 11 is 0. The Hall–Kier alpha value is -4.92. The van der Waals surface area contributed by atoms with Crippen LogP contribution >= 0.6 is 0 Å². The van der Waals surface area contributed by atoms with Crippen molar-refractivity contribution in [1.29, 1.82) is 0 Å². The number of nitrogens with zero attached hydrogens (tertiary/aromatic N) is 3. The molecule has 3 aromatic rings. The van der Waals surface area contributed by atoms with E-state index in [1.807, 2.05) is 30.3 Å². The number of hydrogen-bond donors (Lipinski definition) is 0. The summed E-state index contributed by atoms with van der Waals surface area (Å²) in [6.07, 6.45) is 3.58. The van der Waals surface area contributed by atoms with Crippen molar-refractivity contribution in [2.75, 3.05) is 4.90 Å². The first-order chi connectivity index (χ1) is 18.3. The Morgan fingerprint density at radius 1 is 0.868 bits per heavy atom. The van der Waals surface area contributed by atoms with Crippen molar-refractivity contribution in [1.82, 2.24) is 4.90 Å². The molecule has 0 bridgehead atoms. The Balaban J connectivity index is 1.47. The zero-order valence-corrected chi connectivity index (χ0v) is 20.2. The molecule has 4 atom stereocenters. The lowest BCUT2D eigenvalue weighted by Gasteiger charge is -2.35. The van der Waals surface area contributed by atoms with Crippen molar-refractivity contribution in [3.63, 3.8) is 0 Å². The summed E-state index contributed by atoms with van der Waals surface area (Å²) in [4.78, 5) is 67.1. The molecule has 6 rings (SSSR count). The third kappa shape index (κ3) is 3.39. The minimum absolute atomic E-state index is 0.0976. The van der Waals surface area contributed by atoms with Gasteiger partial charge in [-0.15, -0.1) is 0 Å². The number of nitro groups is 1. The summed E-state index contributed by atoms with van der Waals surface area (Å²) in [6, 6.07) is 17.6. The number of carbonyl (C=O) groups is 4. The number of rotatable bonds is 5. The van der Waals surface area contributed by atoms with Gasteiger partial charge in [-0.1, -0.05) is 36.4 Å². The molecule has 9 heteroatoms. The number of amides is 2. The van der Waals surface area contributed by atoms with Crippen LogP contribution in [0.25, 0.3) is 6.08 Å². The van der Waals surface area contributed by atoms with Gasteiger partial charge < -0.3 is 4.90 Å². The largest absolute Gasteiger partial charge is 0.358 e. The van der Waals surface area contributed by atoms with E-state index < -0.39 is 46.4 Å². The maximum Gasteiger partial charge on any atom is 0.270 e. The molecular formula is C29H21N3O6. The number of anilines is 1. The fraction of sp³-hybridized carbons (Fsp3) is 0.172. The van der Waals surface area contributed by atoms with Crippen LogP contribution in [-0.2, 0) is 9.59 Å². The summed E-state index contributed by atoms with van der Waals surface area (Å²) < 4.78 is 0. The number of benzene rings is 3. The number of Topliss-reactive ketones (excluding diaryl/α,β-unsaturated/α-hetero) is 2. The van der Waals surface area contributed by atoms with Crippen molar-refractivity contribution in [3.8, 4) is 0 Å². The highest BCUT2D eigenvalue weighted by atomic mass is 16.6. The van der Waals surface area contributed by atoms with E-state index in [2.05, 4.69) is 0 Å². The molecule has 0 aliphatic carbocycles. The van der Waals surface area contributed by atoms with Crippen LogP contribution in [0.4, 0.5) is 11.4 Å². The smallest absolute Gasteiger partial charge is 0.270 e. The SMILES string of the molecule is CC(=O)c1ccc(N2C(=O)[C@H]3[C@@H](C2=O)C2c4ccccc4C=CN2[C@H]3C(=O)c2cccc([N+](=O)[O-])c2)cc1. The van der Waals surface area contributed by atoms with E-state index in [-0.39, 0.29) is 17.0 Å². The predicted molar refractivity (Wildman–Crippen MR) is 137 cm³/mol. The van der Waals surface area contributed by atoms with Crippen LogP contribution in [0.2, 0.25) is 0 Å². The second-order valence-electron chi connectivity index (χ2n) is 9.62. The molecule has 3 heterocycles. The Kier molecular flexibility index (Phi) is 5.30. The lowest BCUT2D eigenvalue weighted by atomic mass is 9.83. The average molecular weight is 508 g/mol. The maximum absolute atomic E-state index is 13.9. The van der Waals surface area contributed by atoms with Crippen molar-refractivity contribution in [2.24, 2.45) is 11.8 Å². The second-order valence-corrected chi connectivity index (χ2v) is 9.62. The zero-order chi connectivity index (χ0) is 26.7. The molecule has 38 heavy (non-hydrogen) atoms. The lowest BCUT2D eigenvalue weighted by molar-refractivity contribution is -0.384. The van der Waals surface area contributed by atoms with Gasteiger partial charge in [-0.05, 0) is 48.4 Å². The maximum atomic E-state index is 13.9. The quantitative estimate of drug-likeness (QED) is 0.220.